The van der Waals surface area contributed by atoms with Crippen LogP contribution in [0.15, 0.2) is 0 Å². The van der Waals surface area contributed by atoms with Gasteiger partial charge < -0.3 is 16.0 Å². The van der Waals surface area contributed by atoms with E-state index >= 15 is 0 Å². The number of hydrogen-bond donors (Lipinski definition) is 2. The zero-order valence-corrected chi connectivity index (χ0v) is 9.77. The number of hydrogen-bond acceptors (Lipinski definition) is 4. The smallest absolute Gasteiger partial charge is 0.282 e. The van der Waals surface area contributed by atoms with E-state index in [1.165, 1.54) is 11.8 Å². The lowest BCUT2D eigenvalue weighted by Gasteiger charge is -2.13. The van der Waals surface area contributed by atoms with Crippen molar-refractivity contribution in [2.24, 2.45) is 5.73 Å². The molecule has 1 aliphatic heterocycles. The lowest BCUT2D eigenvalue weighted by molar-refractivity contribution is -0.121. The van der Waals surface area contributed by atoms with E-state index in [0.29, 0.717) is 6.54 Å². The molecule has 1 heterocycles. The molecule has 0 spiro atoms. The van der Waals surface area contributed by atoms with E-state index in [0.717, 1.165) is 12.2 Å². The maximum absolute atomic E-state index is 11.4. The average Bonchev–Trinajstić information content (AvgIpc) is 2.63. The predicted molar refractivity (Wildman–Crippen MR) is 61.2 cm³/mol. The molecule has 0 radical (unpaired) electrons. The zero-order valence-electron chi connectivity index (χ0n) is 8.14. The van der Waals surface area contributed by atoms with Gasteiger partial charge in [0, 0.05) is 24.4 Å². The first-order valence-corrected chi connectivity index (χ1v) is 5.62. The Balaban J connectivity index is 0.00000112. The van der Waals surface area contributed by atoms with Gasteiger partial charge in [-0.25, -0.2) is 0 Å². The van der Waals surface area contributed by atoms with Crippen LogP contribution in [0, 0.1) is 0 Å². The molecule has 1 aliphatic carbocycles. The summed E-state index contributed by atoms with van der Waals surface area (Å²) < 4.78 is 0. The molecule has 3 N–H and O–H groups in total. The molecule has 2 rings (SSSR count). The van der Waals surface area contributed by atoms with Crippen LogP contribution in [0.5, 0.6) is 0 Å². The zero-order chi connectivity index (χ0) is 10.1. The Hall–Kier alpha value is -0.460. The topological polar surface area (TPSA) is 75.4 Å². The van der Waals surface area contributed by atoms with Crippen molar-refractivity contribution in [1.82, 2.24) is 10.2 Å². The number of thioether (sulfide) groups is 1. The second-order valence-corrected chi connectivity index (χ2v) is 4.66. The highest BCUT2D eigenvalue weighted by Crippen LogP contribution is 2.19. The Morgan fingerprint density at radius 3 is 2.80 bits per heavy atom. The highest BCUT2D eigenvalue weighted by molar-refractivity contribution is 8.13. The van der Waals surface area contributed by atoms with Gasteiger partial charge in [-0.2, -0.15) is 0 Å². The number of halogens is 1. The molecule has 2 fully saturated rings. The lowest BCUT2D eigenvalue weighted by Crippen LogP contribution is -2.39. The molecule has 15 heavy (non-hydrogen) atoms. The summed E-state index contributed by atoms with van der Waals surface area (Å²) >= 11 is 1.26. The number of nitrogens with one attached hydrogen (secondary N) is 1. The third-order valence-electron chi connectivity index (χ3n) is 2.37. The first kappa shape index (κ1) is 12.6. The molecule has 5 nitrogen and oxygen atoms in total. The molecule has 2 atom stereocenters. The molecule has 1 saturated carbocycles. The highest BCUT2D eigenvalue weighted by Gasteiger charge is 2.35. The number of nitrogens with zero attached hydrogens (tertiary/aromatic N) is 1. The summed E-state index contributed by atoms with van der Waals surface area (Å²) in [5.41, 5.74) is 5.55. The van der Waals surface area contributed by atoms with Gasteiger partial charge in [0.05, 0.1) is 0 Å². The maximum atomic E-state index is 11.4. The maximum Gasteiger partial charge on any atom is 0.282 e. The number of nitrogens with two attached hydrogens (primary N) is 1. The van der Waals surface area contributed by atoms with Gasteiger partial charge in [0.25, 0.3) is 5.24 Å². The van der Waals surface area contributed by atoms with Crippen LogP contribution in [-0.2, 0) is 4.79 Å². The second kappa shape index (κ2) is 5.05. The summed E-state index contributed by atoms with van der Waals surface area (Å²) in [6.45, 7) is 0.850. The van der Waals surface area contributed by atoms with Crippen molar-refractivity contribution in [2.75, 3.05) is 18.8 Å². The third kappa shape index (κ3) is 3.25. The van der Waals surface area contributed by atoms with E-state index in [9.17, 15) is 9.59 Å². The van der Waals surface area contributed by atoms with Gasteiger partial charge in [0.15, 0.2) is 0 Å². The number of carbonyl (C=O) groups excluding carboxylic acids is 2. The van der Waals surface area contributed by atoms with Crippen LogP contribution in [-0.4, -0.2) is 47.0 Å². The van der Waals surface area contributed by atoms with Gasteiger partial charge in [-0.3, -0.25) is 9.59 Å². The molecule has 1 saturated heterocycles. The van der Waals surface area contributed by atoms with Crippen LogP contribution in [0.2, 0.25) is 0 Å². The predicted octanol–water partition coefficient (Wildman–Crippen LogP) is -0.207. The van der Waals surface area contributed by atoms with E-state index in [2.05, 4.69) is 5.32 Å². The fourth-order valence-electron chi connectivity index (χ4n) is 1.38. The summed E-state index contributed by atoms with van der Waals surface area (Å²) in [5.74, 6) is 0.688. The first-order valence-electron chi connectivity index (χ1n) is 4.63. The van der Waals surface area contributed by atoms with Gasteiger partial charge in [-0.15, -0.1) is 12.4 Å². The Labute approximate surface area is 98.5 Å². The van der Waals surface area contributed by atoms with Crippen molar-refractivity contribution in [2.45, 2.75) is 18.5 Å². The average molecular weight is 252 g/mol. The van der Waals surface area contributed by atoms with E-state index in [4.69, 9.17) is 5.73 Å². The van der Waals surface area contributed by atoms with E-state index < -0.39 is 0 Å². The van der Waals surface area contributed by atoms with Gasteiger partial charge in [-0.1, -0.05) is 11.8 Å². The fraction of sp³-hybridized carbons (Fsp3) is 0.750. The van der Waals surface area contributed by atoms with Crippen molar-refractivity contribution >= 4 is 35.3 Å². The summed E-state index contributed by atoms with van der Waals surface area (Å²) in [7, 11) is 0. The molecule has 0 bridgehead atoms. The summed E-state index contributed by atoms with van der Waals surface area (Å²) in [4.78, 5) is 24.1. The van der Waals surface area contributed by atoms with Gasteiger partial charge in [0.2, 0.25) is 5.91 Å². The Morgan fingerprint density at radius 2 is 2.33 bits per heavy atom. The SMILES string of the molecule is Cl.NC1CC1NC(=O)CN1CCSC1=O. The van der Waals surface area contributed by atoms with E-state index in [1.807, 2.05) is 0 Å². The monoisotopic (exact) mass is 251 g/mol. The number of amides is 2. The van der Waals surface area contributed by atoms with Crippen molar-refractivity contribution in [3.63, 3.8) is 0 Å². The third-order valence-corrected chi connectivity index (χ3v) is 3.26. The molecular formula is C8H14ClN3O2S. The van der Waals surface area contributed by atoms with Crippen LogP contribution in [0.25, 0.3) is 0 Å². The molecule has 7 heteroatoms. The standard InChI is InChI=1S/C8H13N3O2S.ClH/c9-5-3-6(5)10-7(12)4-11-1-2-14-8(11)13;/h5-6H,1-4,9H2,(H,10,12);1H. The molecule has 0 aromatic carbocycles. The minimum Gasteiger partial charge on any atom is -0.350 e. The van der Waals surface area contributed by atoms with Crippen molar-refractivity contribution < 1.29 is 9.59 Å². The van der Waals surface area contributed by atoms with E-state index in [-0.39, 0.29) is 42.2 Å². The minimum absolute atomic E-state index is 0. The minimum atomic E-state index is -0.0983. The van der Waals surface area contributed by atoms with E-state index in [1.54, 1.807) is 4.90 Å². The highest BCUT2D eigenvalue weighted by atomic mass is 35.5. The van der Waals surface area contributed by atoms with Crippen LogP contribution < -0.4 is 11.1 Å². The first-order chi connectivity index (χ1) is 6.66. The van der Waals surface area contributed by atoms with Gasteiger partial charge in [-0.05, 0) is 6.42 Å². The van der Waals surface area contributed by atoms with Crippen LogP contribution >= 0.6 is 24.2 Å². The summed E-state index contributed by atoms with van der Waals surface area (Å²) in [6.07, 6.45) is 0.856. The quantitative estimate of drug-likeness (QED) is 0.728. The van der Waals surface area contributed by atoms with Crippen LogP contribution in [0.1, 0.15) is 6.42 Å². The number of rotatable bonds is 3. The molecule has 86 valence electrons. The lowest BCUT2D eigenvalue weighted by atomic mass is 10.5. The van der Waals surface area contributed by atoms with Crippen molar-refractivity contribution in [3.8, 4) is 0 Å². The largest absolute Gasteiger partial charge is 0.350 e. The van der Waals surface area contributed by atoms with Gasteiger partial charge in [0.1, 0.15) is 6.54 Å². The molecular weight excluding hydrogens is 238 g/mol. The molecule has 2 amide bonds. The molecule has 0 aromatic heterocycles. The number of carbonyl (C=O) groups is 2. The van der Waals surface area contributed by atoms with Crippen LogP contribution in [0.3, 0.4) is 0 Å². The second-order valence-electron chi connectivity index (χ2n) is 3.61. The Bertz CT molecular complexity index is 277. The molecule has 2 unspecified atom stereocenters. The molecule has 0 aromatic rings. The van der Waals surface area contributed by atoms with Gasteiger partial charge >= 0.3 is 0 Å². The molecule has 2 aliphatic rings. The summed E-state index contributed by atoms with van der Waals surface area (Å²) in [5, 5.41) is 2.78. The van der Waals surface area contributed by atoms with Crippen molar-refractivity contribution in [3.05, 3.63) is 0 Å². The van der Waals surface area contributed by atoms with Crippen molar-refractivity contribution in [1.29, 1.82) is 0 Å². The Morgan fingerprint density at radius 1 is 1.67 bits per heavy atom. The fourth-order valence-corrected chi connectivity index (χ4v) is 2.20. The Kier molecular flexibility index (Phi) is 4.24. The normalized spacial score (nSPS) is 28.6. The summed E-state index contributed by atoms with van der Waals surface area (Å²) in [6, 6.07) is 0.246. The van der Waals surface area contributed by atoms with Crippen LogP contribution in [0.4, 0.5) is 4.79 Å².